The van der Waals surface area contributed by atoms with Crippen molar-refractivity contribution in [3.8, 4) is 0 Å². The highest BCUT2D eigenvalue weighted by molar-refractivity contribution is 8.01. The van der Waals surface area contributed by atoms with Crippen LogP contribution in [-0.2, 0) is 10.1 Å². The summed E-state index contributed by atoms with van der Waals surface area (Å²) in [6.07, 6.45) is 19.8. The Balaban J connectivity index is 3.14. The van der Waals surface area contributed by atoms with Gasteiger partial charge in [0.05, 0.1) is 0 Å². The van der Waals surface area contributed by atoms with Crippen LogP contribution < -0.4 is 0 Å². The zero-order valence-electron chi connectivity index (χ0n) is 15.0. The molecule has 0 fully saturated rings. The molecule has 0 spiro atoms. The van der Waals surface area contributed by atoms with Crippen LogP contribution in [0, 0.1) is 0 Å². The molecule has 1 unspecified atom stereocenters. The number of hydrogen-bond acceptors (Lipinski definition) is 3. The predicted molar refractivity (Wildman–Crippen MR) is 104 cm³/mol. The highest BCUT2D eigenvalue weighted by Gasteiger charge is 2.16. The van der Waals surface area contributed by atoms with E-state index in [-0.39, 0.29) is 0 Å². The van der Waals surface area contributed by atoms with Crippen molar-refractivity contribution >= 4 is 22.7 Å². The molecule has 3 nitrogen and oxygen atoms in total. The van der Waals surface area contributed by atoms with E-state index in [4.69, 9.17) is 4.55 Å². The summed E-state index contributed by atoms with van der Waals surface area (Å²) in [5.41, 5.74) is 0. The maximum absolute atomic E-state index is 10.8. The van der Waals surface area contributed by atoms with Gasteiger partial charge >= 0.3 is 0 Å². The molecule has 23 heavy (non-hydrogen) atoms. The lowest BCUT2D eigenvalue weighted by molar-refractivity contribution is 0.474. The maximum Gasteiger partial charge on any atom is 0.276 e. The summed E-state index contributed by atoms with van der Waals surface area (Å²) < 4.78 is 29.5. The molecule has 0 aliphatic heterocycles. The van der Waals surface area contributed by atoms with Crippen molar-refractivity contribution in [3.63, 3.8) is 0 Å². The van der Waals surface area contributed by atoms with E-state index in [1.807, 2.05) is 0 Å². The fourth-order valence-corrected chi connectivity index (χ4v) is 3.49. The Labute approximate surface area is 150 Å². The Kier molecular flexibility index (Phi) is 15.9. The van der Waals surface area contributed by atoms with Gasteiger partial charge < -0.3 is 0 Å². The molecule has 0 rings (SSSR count). The van der Waals surface area contributed by atoms with E-state index in [9.17, 15) is 8.42 Å². The fraction of sp³-hybridized carbons (Fsp3) is 1.00. The van der Waals surface area contributed by atoms with Crippen LogP contribution in [0.15, 0.2) is 0 Å². The van der Waals surface area contributed by atoms with Gasteiger partial charge in [0.15, 0.2) is 0 Å². The summed E-state index contributed by atoms with van der Waals surface area (Å²) in [6, 6.07) is 0. The van der Waals surface area contributed by atoms with Crippen molar-refractivity contribution in [3.05, 3.63) is 0 Å². The fourth-order valence-electron chi connectivity index (χ4n) is 2.84. The monoisotopic (exact) mass is 366 g/mol. The first kappa shape index (κ1) is 23.3. The van der Waals surface area contributed by atoms with Gasteiger partial charge in [0, 0.05) is 0 Å². The average molecular weight is 367 g/mol. The van der Waals surface area contributed by atoms with Crippen molar-refractivity contribution in [2.45, 2.75) is 114 Å². The van der Waals surface area contributed by atoms with Crippen LogP contribution in [0.4, 0.5) is 0 Å². The van der Waals surface area contributed by atoms with E-state index in [2.05, 4.69) is 19.6 Å². The van der Waals surface area contributed by atoms with E-state index in [0.717, 1.165) is 19.3 Å². The van der Waals surface area contributed by atoms with Gasteiger partial charge in [0.1, 0.15) is 4.58 Å². The third-order valence-corrected chi connectivity index (χ3v) is 6.38. The van der Waals surface area contributed by atoms with Crippen molar-refractivity contribution in [1.82, 2.24) is 0 Å². The molecule has 0 aromatic rings. The Bertz CT molecular complexity index is 342. The first-order valence-corrected chi connectivity index (χ1v) is 11.6. The van der Waals surface area contributed by atoms with Crippen molar-refractivity contribution in [2.75, 3.05) is 0 Å². The van der Waals surface area contributed by atoms with E-state index < -0.39 is 14.7 Å². The van der Waals surface area contributed by atoms with Gasteiger partial charge in [-0.25, -0.2) is 0 Å². The largest absolute Gasteiger partial charge is 0.285 e. The molecular weight excluding hydrogens is 328 g/mol. The van der Waals surface area contributed by atoms with Gasteiger partial charge in [-0.1, -0.05) is 103 Å². The molecule has 140 valence electrons. The number of unbranched alkanes of at least 4 members (excludes halogenated alkanes) is 14. The third-order valence-electron chi connectivity index (χ3n) is 4.40. The highest BCUT2D eigenvalue weighted by atomic mass is 32.3. The molecule has 1 N–H and O–H groups in total. The lowest BCUT2D eigenvalue weighted by atomic mass is 10.0. The van der Waals surface area contributed by atoms with Crippen LogP contribution in [-0.4, -0.2) is 17.6 Å². The summed E-state index contributed by atoms with van der Waals surface area (Å²) in [6.45, 7) is 2.26. The number of hydrogen-bond donors (Lipinski definition) is 2. The lowest BCUT2D eigenvalue weighted by Gasteiger charge is -2.06. The first-order chi connectivity index (χ1) is 11.0. The van der Waals surface area contributed by atoms with Gasteiger partial charge in [0.2, 0.25) is 0 Å². The first-order valence-electron chi connectivity index (χ1n) is 9.63. The quantitative estimate of drug-likeness (QED) is 0.178. The second-order valence-corrected chi connectivity index (χ2v) is 9.28. The maximum atomic E-state index is 10.8. The third kappa shape index (κ3) is 16.9. The van der Waals surface area contributed by atoms with E-state index in [1.165, 1.54) is 77.0 Å². The second kappa shape index (κ2) is 15.8. The topological polar surface area (TPSA) is 54.4 Å². The minimum atomic E-state index is -3.96. The minimum absolute atomic E-state index is 0.445. The summed E-state index contributed by atoms with van der Waals surface area (Å²) in [5.74, 6) is 0. The average Bonchev–Trinajstić information content (AvgIpc) is 2.50. The van der Waals surface area contributed by atoms with Gasteiger partial charge in [0.25, 0.3) is 10.1 Å². The van der Waals surface area contributed by atoms with Crippen LogP contribution in [0.3, 0.4) is 0 Å². The van der Waals surface area contributed by atoms with Crippen LogP contribution in [0.1, 0.15) is 110 Å². The number of rotatable bonds is 17. The van der Waals surface area contributed by atoms with Gasteiger partial charge in [-0.2, -0.15) is 21.0 Å². The Morgan fingerprint density at radius 3 is 1.30 bits per heavy atom. The molecule has 0 radical (unpaired) electrons. The molecule has 0 bridgehead atoms. The van der Waals surface area contributed by atoms with Crippen LogP contribution >= 0.6 is 12.6 Å². The molecule has 0 aromatic heterocycles. The molecule has 1 atom stereocenters. The van der Waals surface area contributed by atoms with E-state index >= 15 is 0 Å². The Morgan fingerprint density at radius 1 is 0.696 bits per heavy atom. The minimum Gasteiger partial charge on any atom is -0.285 e. The van der Waals surface area contributed by atoms with Crippen molar-refractivity contribution in [2.24, 2.45) is 0 Å². The predicted octanol–water partition coefficient (Wildman–Crippen LogP) is 6.39. The van der Waals surface area contributed by atoms with Crippen LogP contribution in [0.2, 0.25) is 0 Å². The summed E-state index contributed by atoms with van der Waals surface area (Å²) in [4.78, 5) is 0. The summed E-state index contributed by atoms with van der Waals surface area (Å²) >= 11 is 3.90. The summed E-state index contributed by atoms with van der Waals surface area (Å²) in [7, 11) is -3.96. The molecule has 5 heteroatoms. The Hall–Kier alpha value is 0.260. The lowest BCUT2D eigenvalue weighted by Crippen LogP contribution is -2.13. The molecule has 0 aromatic carbocycles. The van der Waals surface area contributed by atoms with Crippen molar-refractivity contribution in [1.29, 1.82) is 0 Å². The molecule has 0 aliphatic carbocycles. The zero-order chi connectivity index (χ0) is 17.4. The molecular formula is C18H38O3S2. The zero-order valence-corrected chi connectivity index (χ0v) is 16.7. The van der Waals surface area contributed by atoms with Crippen LogP contribution in [0.5, 0.6) is 0 Å². The van der Waals surface area contributed by atoms with Gasteiger partial charge in [-0.05, 0) is 6.42 Å². The normalized spacial score (nSPS) is 13.3. The smallest absolute Gasteiger partial charge is 0.276 e. The van der Waals surface area contributed by atoms with Gasteiger partial charge in [-0.3, -0.25) is 4.55 Å². The van der Waals surface area contributed by atoms with E-state index in [0.29, 0.717) is 6.42 Å². The second-order valence-electron chi connectivity index (χ2n) is 6.71. The Morgan fingerprint density at radius 2 is 1.00 bits per heavy atom. The SMILES string of the molecule is CCCCCCCCCCCCCCCCCC(S)S(=O)(=O)O. The van der Waals surface area contributed by atoms with E-state index in [1.54, 1.807) is 0 Å². The number of thiol groups is 1. The highest BCUT2D eigenvalue weighted by Crippen LogP contribution is 2.16. The molecule has 0 saturated heterocycles. The molecule has 0 heterocycles. The van der Waals surface area contributed by atoms with Crippen LogP contribution in [0.25, 0.3) is 0 Å². The van der Waals surface area contributed by atoms with Gasteiger partial charge in [-0.15, -0.1) is 0 Å². The molecule has 0 amide bonds. The standard InChI is InChI=1S/C18H38O3S2/c1-2-3-4-5-6-7-8-9-10-11-12-13-14-15-16-17-18(22)23(19,20)21/h18,22H,2-17H2,1H3,(H,19,20,21). The molecule has 0 aliphatic rings. The summed E-state index contributed by atoms with van der Waals surface area (Å²) in [5, 5.41) is 0. The van der Waals surface area contributed by atoms with Crippen molar-refractivity contribution < 1.29 is 13.0 Å². The molecule has 0 saturated carbocycles.